The molecule has 0 aliphatic carbocycles. The van der Waals surface area contributed by atoms with Crippen molar-refractivity contribution in [1.82, 2.24) is 14.9 Å². The van der Waals surface area contributed by atoms with Crippen LogP contribution in [0.5, 0.6) is 0 Å². The molecular formula is C20H22N4O2S. The average molecular weight is 382 g/mol. The quantitative estimate of drug-likeness (QED) is 0.687. The van der Waals surface area contributed by atoms with E-state index >= 15 is 0 Å². The van der Waals surface area contributed by atoms with Crippen molar-refractivity contribution >= 4 is 33.4 Å². The van der Waals surface area contributed by atoms with Crippen LogP contribution in [0.2, 0.25) is 0 Å². The van der Waals surface area contributed by atoms with E-state index in [1.165, 1.54) is 0 Å². The molecule has 1 amide bonds. The number of hydrogen-bond donors (Lipinski definition) is 2. The molecule has 0 spiro atoms. The Morgan fingerprint density at radius 2 is 1.85 bits per heavy atom. The molecule has 4 rings (SSSR count). The summed E-state index contributed by atoms with van der Waals surface area (Å²) in [6, 6.07) is 15.1. The number of amides is 1. The highest BCUT2D eigenvalue weighted by Gasteiger charge is 2.17. The molecule has 0 radical (unpaired) electrons. The Kier molecular flexibility index (Phi) is 5.31. The van der Waals surface area contributed by atoms with Gasteiger partial charge in [-0.05, 0) is 49.7 Å². The van der Waals surface area contributed by atoms with E-state index in [9.17, 15) is 9.00 Å². The molecule has 140 valence electrons. The van der Waals surface area contributed by atoms with E-state index < -0.39 is 10.8 Å². The lowest BCUT2D eigenvalue weighted by Gasteiger charge is -2.15. The number of rotatable bonds is 6. The number of carbonyl (C=O) groups excluding carboxylic acids is 1. The molecule has 6 nitrogen and oxygen atoms in total. The van der Waals surface area contributed by atoms with Crippen molar-refractivity contribution in [2.24, 2.45) is 0 Å². The van der Waals surface area contributed by atoms with Crippen LogP contribution >= 0.6 is 0 Å². The first-order chi connectivity index (χ1) is 13.2. The number of para-hydroxylation sites is 3. The zero-order chi connectivity index (χ0) is 18.6. The number of carbonyl (C=O) groups is 1. The largest absolute Gasteiger partial charge is 0.331 e. The summed E-state index contributed by atoms with van der Waals surface area (Å²) in [5.74, 6) is 0.263. The van der Waals surface area contributed by atoms with Gasteiger partial charge in [0.15, 0.2) is 5.16 Å². The van der Waals surface area contributed by atoms with Crippen molar-refractivity contribution in [3.05, 3.63) is 54.1 Å². The minimum absolute atomic E-state index is 0.0288. The molecule has 2 N–H and O–H groups in total. The number of likely N-dealkylation sites (tertiary alicyclic amines) is 1. The molecule has 1 saturated heterocycles. The van der Waals surface area contributed by atoms with Gasteiger partial charge in [0.1, 0.15) is 0 Å². The Bertz CT molecular complexity index is 946. The summed E-state index contributed by atoms with van der Waals surface area (Å²) in [6.07, 6.45) is 2.31. The summed E-state index contributed by atoms with van der Waals surface area (Å²) >= 11 is 0. The van der Waals surface area contributed by atoms with Gasteiger partial charge in [0.25, 0.3) is 0 Å². The minimum Gasteiger partial charge on any atom is -0.331 e. The smallest absolute Gasteiger partial charge is 0.238 e. The highest BCUT2D eigenvalue weighted by Crippen LogP contribution is 2.21. The predicted octanol–water partition coefficient (Wildman–Crippen LogP) is 2.91. The maximum absolute atomic E-state index is 12.8. The van der Waals surface area contributed by atoms with E-state index in [0.717, 1.165) is 42.5 Å². The second-order valence-corrected chi connectivity index (χ2v) is 8.10. The topological polar surface area (TPSA) is 78.1 Å². The first-order valence-corrected chi connectivity index (χ1v) is 10.4. The zero-order valence-corrected chi connectivity index (χ0v) is 15.8. The number of benzene rings is 2. The maximum atomic E-state index is 12.8. The van der Waals surface area contributed by atoms with Crippen LogP contribution in [0.4, 0.5) is 5.69 Å². The number of anilines is 1. The third-order valence-corrected chi connectivity index (χ3v) is 5.93. The summed E-state index contributed by atoms with van der Waals surface area (Å²) in [5.41, 5.74) is 3.22. The van der Waals surface area contributed by atoms with Crippen LogP contribution in [0, 0.1) is 0 Å². The van der Waals surface area contributed by atoms with Gasteiger partial charge in [0.05, 0.1) is 34.1 Å². The molecule has 1 aromatic heterocycles. The van der Waals surface area contributed by atoms with Gasteiger partial charge in [-0.3, -0.25) is 13.9 Å². The number of nitrogens with zero attached hydrogens (tertiary/aromatic N) is 2. The molecule has 0 unspecified atom stereocenters. The highest BCUT2D eigenvalue weighted by atomic mass is 32.2. The van der Waals surface area contributed by atoms with E-state index in [2.05, 4.69) is 20.2 Å². The fourth-order valence-corrected chi connectivity index (χ4v) is 4.44. The Hall–Kier alpha value is -2.51. The Balaban J connectivity index is 1.47. The third kappa shape index (κ3) is 4.26. The molecule has 1 aliphatic heterocycles. The fraction of sp³-hybridized carbons (Fsp3) is 0.300. The lowest BCUT2D eigenvalue weighted by Crippen LogP contribution is -2.31. The molecule has 1 atom stereocenters. The Labute approximate surface area is 160 Å². The minimum atomic E-state index is -1.32. The number of H-pyrrole nitrogens is 1. The van der Waals surface area contributed by atoms with Crippen LogP contribution in [0.1, 0.15) is 18.4 Å². The normalized spacial score (nSPS) is 15.9. The molecule has 0 saturated carbocycles. The van der Waals surface area contributed by atoms with Crippen molar-refractivity contribution in [1.29, 1.82) is 0 Å². The zero-order valence-electron chi connectivity index (χ0n) is 15.0. The van der Waals surface area contributed by atoms with Crippen molar-refractivity contribution in [2.45, 2.75) is 23.8 Å². The number of imidazole rings is 1. The number of hydrogen-bond acceptors (Lipinski definition) is 4. The number of aromatic amines is 1. The molecule has 3 aromatic rings. The second kappa shape index (κ2) is 8.02. The van der Waals surface area contributed by atoms with Crippen LogP contribution in [0.3, 0.4) is 0 Å². The number of nitrogens with one attached hydrogen (secondary N) is 2. The van der Waals surface area contributed by atoms with Crippen LogP contribution in [0.15, 0.2) is 53.7 Å². The fourth-order valence-electron chi connectivity index (χ4n) is 3.35. The highest BCUT2D eigenvalue weighted by molar-refractivity contribution is 7.84. The van der Waals surface area contributed by atoms with Crippen molar-refractivity contribution in [2.75, 3.05) is 25.0 Å². The summed E-state index contributed by atoms with van der Waals surface area (Å²) in [6.45, 7) is 2.36. The molecular weight excluding hydrogens is 360 g/mol. The van der Waals surface area contributed by atoms with Crippen LogP contribution in [-0.2, 0) is 21.3 Å². The van der Waals surface area contributed by atoms with Crippen molar-refractivity contribution in [3.8, 4) is 0 Å². The monoisotopic (exact) mass is 382 g/mol. The molecule has 2 aromatic carbocycles. The van der Waals surface area contributed by atoms with E-state index in [1.807, 2.05) is 48.5 Å². The summed E-state index contributed by atoms with van der Waals surface area (Å²) < 4.78 is 12.8. The predicted molar refractivity (Wildman–Crippen MR) is 107 cm³/mol. The van der Waals surface area contributed by atoms with Gasteiger partial charge in [-0.15, -0.1) is 0 Å². The molecule has 1 fully saturated rings. The van der Waals surface area contributed by atoms with Gasteiger partial charge >= 0.3 is 0 Å². The summed E-state index contributed by atoms with van der Waals surface area (Å²) in [5, 5.41) is 3.43. The molecule has 7 heteroatoms. The van der Waals surface area contributed by atoms with Gasteiger partial charge in [0.2, 0.25) is 5.91 Å². The van der Waals surface area contributed by atoms with Gasteiger partial charge in [-0.2, -0.15) is 0 Å². The Morgan fingerprint density at radius 3 is 2.67 bits per heavy atom. The standard InChI is InChI=1S/C20H22N4O2S/c25-19(13-24-11-5-6-12-24)21-16-8-2-1-7-15(16)14-27(26)20-22-17-9-3-4-10-18(17)23-20/h1-4,7-10H,5-6,11-14H2,(H,21,25)(H,22,23)/t27-/m1/s1. The SMILES string of the molecule is O=C(CN1CCCC1)Nc1ccccc1C[S@@](=O)c1nc2ccccc2[nH]1. The third-order valence-electron chi connectivity index (χ3n) is 4.73. The van der Waals surface area contributed by atoms with Crippen molar-refractivity contribution in [3.63, 3.8) is 0 Å². The summed E-state index contributed by atoms with van der Waals surface area (Å²) in [7, 11) is -1.32. The van der Waals surface area contributed by atoms with Crippen LogP contribution in [0.25, 0.3) is 11.0 Å². The molecule has 0 bridgehead atoms. The molecule has 1 aliphatic rings. The molecule has 27 heavy (non-hydrogen) atoms. The van der Waals surface area contributed by atoms with Crippen molar-refractivity contribution < 1.29 is 9.00 Å². The van der Waals surface area contributed by atoms with Gasteiger partial charge in [-0.25, -0.2) is 4.98 Å². The Morgan fingerprint density at radius 1 is 1.11 bits per heavy atom. The van der Waals surface area contributed by atoms with E-state index in [1.54, 1.807) is 0 Å². The number of fused-ring (bicyclic) bond motifs is 1. The lowest BCUT2D eigenvalue weighted by atomic mass is 10.2. The van der Waals surface area contributed by atoms with Gasteiger partial charge in [0, 0.05) is 5.69 Å². The second-order valence-electron chi connectivity index (χ2n) is 6.74. The van der Waals surface area contributed by atoms with Crippen LogP contribution < -0.4 is 5.32 Å². The van der Waals surface area contributed by atoms with E-state index in [0.29, 0.717) is 23.1 Å². The maximum Gasteiger partial charge on any atom is 0.238 e. The van der Waals surface area contributed by atoms with Crippen LogP contribution in [-0.4, -0.2) is 44.6 Å². The van der Waals surface area contributed by atoms with E-state index in [-0.39, 0.29) is 5.91 Å². The van der Waals surface area contributed by atoms with E-state index in [4.69, 9.17) is 0 Å². The average Bonchev–Trinajstić information content (AvgIpc) is 3.32. The molecule has 2 heterocycles. The van der Waals surface area contributed by atoms with Gasteiger partial charge < -0.3 is 10.3 Å². The first kappa shape index (κ1) is 17.9. The first-order valence-electron chi connectivity index (χ1n) is 9.12. The van der Waals surface area contributed by atoms with Gasteiger partial charge in [-0.1, -0.05) is 30.3 Å². The number of aromatic nitrogens is 2. The summed E-state index contributed by atoms with van der Waals surface area (Å²) in [4.78, 5) is 22.0. The lowest BCUT2D eigenvalue weighted by molar-refractivity contribution is -0.117.